The molecule has 1 aromatic rings. The van der Waals surface area contributed by atoms with Crippen molar-refractivity contribution in [2.75, 3.05) is 38.1 Å². The average molecular weight is 267 g/mol. The van der Waals surface area contributed by atoms with Gasteiger partial charge in [-0.05, 0) is 39.3 Å². The second kappa shape index (κ2) is 5.15. The summed E-state index contributed by atoms with van der Waals surface area (Å²) in [6.45, 7) is 4.42. The maximum atomic E-state index is 9.99. The lowest BCUT2D eigenvalue weighted by molar-refractivity contribution is 0.153. The van der Waals surface area contributed by atoms with Crippen LogP contribution in [-0.4, -0.2) is 48.2 Å². The van der Waals surface area contributed by atoms with Crippen LogP contribution in [0.15, 0.2) is 0 Å². The Labute approximate surface area is 112 Å². The van der Waals surface area contributed by atoms with E-state index in [1.807, 2.05) is 0 Å². The van der Waals surface area contributed by atoms with Crippen molar-refractivity contribution in [1.29, 1.82) is 0 Å². The normalized spacial score (nSPS) is 25.9. The van der Waals surface area contributed by atoms with Gasteiger partial charge in [-0.3, -0.25) is 0 Å². The number of nitrogens with zero attached hydrogens (tertiary/aromatic N) is 3. The molecule has 0 amide bonds. The lowest BCUT2D eigenvalue weighted by Gasteiger charge is -2.19. The van der Waals surface area contributed by atoms with Crippen molar-refractivity contribution < 1.29 is 5.11 Å². The van der Waals surface area contributed by atoms with Crippen LogP contribution in [0.1, 0.15) is 35.9 Å². The summed E-state index contributed by atoms with van der Waals surface area (Å²) in [5.74, 6) is 0. The predicted molar refractivity (Wildman–Crippen MR) is 74.3 cm³/mol. The molecule has 5 heteroatoms. The molecule has 1 N–H and O–H groups in total. The highest BCUT2D eigenvalue weighted by Crippen LogP contribution is 2.36. The van der Waals surface area contributed by atoms with Gasteiger partial charge in [0.1, 0.15) is 0 Å². The summed E-state index contributed by atoms with van der Waals surface area (Å²) in [5, 5.41) is 11.1. The molecule has 1 aromatic heterocycles. The topological polar surface area (TPSA) is 39.6 Å². The lowest BCUT2D eigenvalue weighted by atomic mass is 10.0. The summed E-state index contributed by atoms with van der Waals surface area (Å²) in [4.78, 5) is 10.8. The number of hydrogen-bond donors (Lipinski definition) is 1. The van der Waals surface area contributed by atoms with E-state index in [0.717, 1.165) is 49.7 Å². The maximum absolute atomic E-state index is 9.99. The zero-order chi connectivity index (χ0) is 12.5. The number of anilines is 1. The predicted octanol–water partition coefficient (Wildman–Crippen LogP) is 1.65. The minimum absolute atomic E-state index is 0.326. The summed E-state index contributed by atoms with van der Waals surface area (Å²) in [6.07, 6.45) is 3.94. The van der Waals surface area contributed by atoms with Crippen LogP contribution in [0.25, 0.3) is 0 Å². The third kappa shape index (κ3) is 2.39. The Morgan fingerprint density at radius 1 is 1.22 bits per heavy atom. The monoisotopic (exact) mass is 267 g/mol. The largest absolute Gasteiger partial charge is 0.387 e. The van der Waals surface area contributed by atoms with Crippen LogP contribution >= 0.6 is 11.3 Å². The molecule has 1 aliphatic heterocycles. The molecule has 0 aromatic carbocycles. The van der Waals surface area contributed by atoms with E-state index in [9.17, 15) is 5.11 Å². The Balaban J connectivity index is 1.79. The van der Waals surface area contributed by atoms with Gasteiger partial charge in [0.15, 0.2) is 5.13 Å². The van der Waals surface area contributed by atoms with Crippen LogP contribution in [-0.2, 0) is 6.42 Å². The fourth-order valence-corrected chi connectivity index (χ4v) is 3.96. The highest BCUT2D eigenvalue weighted by molar-refractivity contribution is 7.15. The zero-order valence-electron chi connectivity index (χ0n) is 10.9. The summed E-state index contributed by atoms with van der Waals surface area (Å²) in [5.41, 5.74) is 0.957. The first-order valence-electron chi connectivity index (χ1n) is 6.85. The quantitative estimate of drug-likeness (QED) is 0.840. The molecule has 0 radical (unpaired) electrons. The minimum atomic E-state index is -0.326. The Bertz CT molecular complexity index is 420. The van der Waals surface area contributed by atoms with Crippen molar-refractivity contribution >= 4 is 16.5 Å². The van der Waals surface area contributed by atoms with Crippen LogP contribution in [0, 0.1) is 0 Å². The molecule has 1 saturated heterocycles. The fraction of sp³-hybridized carbons (Fsp3) is 0.769. The Morgan fingerprint density at radius 3 is 2.94 bits per heavy atom. The Hall–Kier alpha value is -0.650. The number of fused-ring (bicyclic) bond motifs is 1. The highest BCUT2D eigenvalue weighted by atomic mass is 32.1. The van der Waals surface area contributed by atoms with Crippen molar-refractivity contribution in [2.24, 2.45) is 0 Å². The molecule has 1 fully saturated rings. The summed E-state index contributed by atoms with van der Waals surface area (Å²) in [6, 6.07) is 0. The van der Waals surface area contributed by atoms with Crippen LogP contribution in [0.3, 0.4) is 0 Å². The van der Waals surface area contributed by atoms with Crippen LogP contribution in [0.5, 0.6) is 0 Å². The zero-order valence-corrected chi connectivity index (χ0v) is 11.7. The molecule has 0 spiro atoms. The molecule has 3 rings (SSSR count). The molecular weight excluding hydrogens is 246 g/mol. The average Bonchev–Trinajstić information content (AvgIpc) is 2.67. The highest BCUT2D eigenvalue weighted by Gasteiger charge is 2.25. The lowest BCUT2D eigenvalue weighted by Crippen LogP contribution is -2.28. The summed E-state index contributed by atoms with van der Waals surface area (Å²) >= 11 is 1.79. The molecule has 18 heavy (non-hydrogen) atoms. The number of hydrogen-bond acceptors (Lipinski definition) is 5. The first-order chi connectivity index (χ1) is 8.74. The second-order valence-corrected chi connectivity index (χ2v) is 6.42. The number of aliphatic hydroxyl groups is 1. The number of aromatic nitrogens is 1. The molecule has 1 aliphatic carbocycles. The number of aliphatic hydroxyl groups excluding tert-OH is 1. The standard InChI is InChI=1S/C13H21N3OS/c1-15-6-3-7-16(9-8-15)13-14-12-10(17)4-2-5-11(12)18-13/h10,17H,2-9H2,1H3. The van der Waals surface area contributed by atoms with Gasteiger partial charge in [-0.15, -0.1) is 11.3 Å². The van der Waals surface area contributed by atoms with E-state index in [4.69, 9.17) is 4.98 Å². The number of thiazole rings is 1. The number of rotatable bonds is 1. The van der Waals surface area contributed by atoms with Crippen molar-refractivity contribution in [3.63, 3.8) is 0 Å². The molecule has 2 aliphatic rings. The van der Waals surface area contributed by atoms with E-state index in [1.54, 1.807) is 11.3 Å². The van der Waals surface area contributed by atoms with E-state index >= 15 is 0 Å². The fourth-order valence-electron chi connectivity index (χ4n) is 2.76. The SMILES string of the molecule is CN1CCCN(c2nc3c(s2)CCCC3O)CC1. The first kappa shape index (κ1) is 12.4. The summed E-state index contributed by atoms with van der Waals surface area (Å²) in [7, 11) is 2.18. The molecular formula is C13H21N3OS. The van der Waals surface area contributed by atoms with E-state index in [1.165, 1.54) is 17.8 Å². The van der Waals surface area contributed by atoms with Crippen molar-refractivity contribution in [1.82, 2.24) is 9.88 Å². The van der Waals surface area contributed by atoms with Gasteiger partial charge in [0.25, 0.3) is 0 Å². The van der Waals surface area contributed by atoms with Gasteiger partial charge in [-0.1, -0.05) is 0 Å². The van der Waals surface area contributed by atoms with Gasteiger partial charge in [0.05, 0.1) is 11.8 Å². The van der Waals surface area contributed by atoms with Crippen LogP contribution < -0.4 is 4.90 Å². The van der Waals surface area contributed by atoms with Crippen LogP contribution in [0.2, 0.25) is 0 Å². The van der Waals surface area contributed by atoms with Gasteiger partial charge >= 0.3 is 0 Å². The second-order valence-electron chi connectivity index (χ2n) is 5.36. The minimum Gasteiger partial charge on any atom is -0.387 e. The number of aryl methyl sites for hydroxylation is 1. The number of likely N-dealkylation sites (N-methyl/N-ethyl adjacent to an activating group) is 1. The molecule has 0 saturated carbocycles. The molecule has 2 heterocycles. The van der Waals surface area contributed by atoms with Gasteiger partial charge < -0.3 is 14.9 Å². The smallest absolute Gasteiger partial charge is 0.185 e. The van der Waals surface area contributed by atoms with Crippen molar-refractivity contribution in [3.8, 4) is 0 Å². The molecule has 4 nitrogen and oxygen atoms in total. The first-order valence-corrected chi connectivity index (χ1v) is 7.67. The van der Waals surface area contributed by atoms with Crippen LogP contribution in [0.4, 0.5) is 5.13 Å². The van der Waals surface area contributed by atoms with E-state index in [-0.39, 0.29) is 6.10 Å². The van der Waals surface area contributed by atoms with Crippen molar-refractivity contribution in [3.05, 3.63) is 10.6 Å². The third-order valence-corrected chi connectivity index (χ3v) is 5.10. The Kier molecular flexibility index (Phi) is 3.54. The molecule has 1 unspecified atom stereocenters. The Morgan fingerprint density at radius 2 is 2.11 bits per heavy atom. The third-order valence-electron chi connectivity index (χ3n) is 3.90. The van der Waals surface area contributed by atoms with Gasteiger partial charge in [-0.2, -0.15) is 0 Å². The van der Waals surface area contributed by atoms with E-state index in [2.05, 4.69) is 16.8 Å². The van der Waals surface area contributed by atoms with E-state index in [0.29, 0.717) is 0 Å². The van der Waals surface area contributed by atoms with Gasteiger partial charge in [0.2, 0.25) is 0 Å². The van der Waals surface area contributed by atoms with E-state index < -0.39 is 0 Å². The van der Waals surface area contributed by atoms with Crippen molar-refractivity contribution in [2.45, 2.75) is 31.8 Å². The maximum Gasteiger partial charge on any atom is 0.185 e. The van der Waals surface area contributed by atoms with Gasteiger partial charge in [-0.25, -0.2) is 4.98 Å². The summed E-state index contributed by atoms with van der Waals surface area (Å²) < 4.78 is 0. The molecule has 1 atom stereocenters. The molecule has 100 valence electrons. The van der Waals surface area contributed by atoms with Gasteiger partial charge in [0, 0.05) is 24.5 Å². The molecule has 0 bridgehead atoms.